The lowest BCUT2D eigenvalue weighted by molar-refractivity contribution is 0.408. The Balaban J connectivity index is 1.70. The number of nitrogens with zero attached hydrogens (tertiary/aromatic N) is 5. The van der Waals surface area contributed by atoms with Gasteiger partial charge in [-0.2, -0.15) is 0 Å². The van der Waals surface area contributed by atoms with E-state index in [1.54, 1.807) is 12.4 Å². The van der Waals surface area contributed by atoms with E-state index in [0.29, 0.717) is 5.92 Å². The Morgan fingerprint density at radius 3 is 2.91 bits per heavy atom. The lowest BCUT2D eigenvalue weighted by atomic mass is 9.93. The highest BCUT2D eigenvalue weighted by Gasteiger charge is 2.22. The van der Waals surface area contributed by atoms with E-state index in [9.17, 15) is 0 Å². The Morgan fingerprint density at radius 2 is 2.09 bits per heavy atom. The molecule has 116 valence electrons. The molecule has 0 aromatic carbocycles. The van der Waals surface area contributed by atoms with Crippen LogP contribution in [0.1, 0.15) is 24.4 Å². The summed E-state index contributed by atoms with van der Waals surface area (Å²) >= 11 is 0. The summed E-state index contributed by atoms with van der Waals surface area (Å²) in [6.07, 6.45) is 8.69. The maximum Gasteiger partial charge on any atom is 0.147 e. The van der Waals surface area contributed by atoms with Crippen LogP contribution in [0.3, 0.4) is 0 Å². The van der Waals surface area contributed by atoms with Crippen molar-refractivity contribution >= 4 is 11.6 Å². The van der Waals surface area contributed by atoms with Gasteiger partial charge in [-0.25, -0.2) is 15.0 Å². The molecule has 1 unspecified atom stereocenters. The third-order valence-electron chi connectivity index (χ3n) is 4.10. The molecule has 0 aliphatic carbocycles. The minimum absolute atomic E-state index is 0.577. The number of hydrogen-bond acceptors (Lipinski definition) is 6. The Kier molecular flexibility index (Phi) is 4.46. The van der Waals surface area contributed by atoms with E-state index in [2.05, 4.69) is 30.2 Å². The third kappa shape index (κ3) is 3.32. The molecule has 1 aliphatic heterocycles. The molecule has 2 aromatic rings. The lowest BCUT2D eigenvalue weighted by Gasteiger charge is -2.33. The van der Waals surface area contributed by atoms with Gasteiger partial charge in [-0.15, -0.1) is 0 Å². The Bertz CT molecular complexity index is 630. The van der Waals surface area contributed by atoms with Gasteiger partial charge in [0, 0.05) is 38.7 Å². The van der Waals surface area contributed by atoms with Crippen molar-refractivity contribution in [3.05, 3.63) is 36.2 Å². The van der Waals surface area contributed by atoms with Crippen LogP contribution in [0.2, 0.25) is 0 Å². The molecule has 2 aromatic heterocycles. The minimum Gasteiger partial charge on any atom is -0.372 e. The van der Waals surface area contributed by atoms with Crippen LogP contribution >= 0.6 is 0 Å². The summed E-state index contributed by atoms with van der Waals surface area (Å²) in [6, 6.07) is 2.00. The van der Waals surface area contributed by atoms with Crippen molar-refractivity contribution in [2.45, 2.75) is 26.2 Å². The average Bonchev–Trinajstić information content (AvgIpc) is 2.56. The first-order chi connectivity index (χ1) is 10.8. The summed E-state index contributed by atoms with van der Waals surface area (Å²) in [5.41, 5.74) is 1.05. The maximum absolute atomic E-state index is 4.55. The monoisotopic (exact) mass is 298 g/mol. The maximum atomic E-state index is 4.55. The molecule has 1 fully saturated rings. The van der Waals surface area contributed by atoms with Gasteiger partial charge in [-0.05, 0) is 38.2 Å². The molecular weight excluding hydrogens is 276 g/mol. The van der Waals surface area contributed by atoms with Crippen molar-refractivity contribution < 1.29 is 0 Å². The van der Waals surface area contributed by atoms with Crippen LogP contribution in [0.15, 0.2) is 24.7 Å². The largest absolute Gasteiger partial charge is 0.372 e. The molecule has 6 nitrogen and oxygen atoms in total. The molecule has 6 heteroatoms. The van der Waals surface area contributed by atoms with Crippen LogP contribution in [0.5, 0.6) is 0 Å². The molecule has 1 atom stereocenters. The molecule has 1 saturated heterocycles. The average molecular weight is 298 g/mol. The molecule has 0 radical (unpaired) electrons. The number of aromatic nitrogens is 4. The van der Waals surface area contributed by atoms with Crippen molar-refractivity contribution in [2.75, 3.05) is 30.4 Å². The van der Waals surface area contributed by atoms with Gasteiger partial charge < -0.3 is 10.2 Å². The zero-order chi connectivity index (χ0) is 15.4. The molecule has 22 heavy (non-hydrogen) atoms. The fourth-order valence-electron chi connectivity index (χ4n) is 3.06. The summed E-state index contributed by atoms with van der Waals surface area (Å²) in [7, 11) is 1.89. The summed E-state index contributed by atoms with van der Waals surface area (Å²) in [5.74, 6) is 3.32. The third-order valence-corrected chi connectivity index (χ3v) is 4.10. The van der Waals surface area contributed by atoms with E-state index in [4.69, 9.17) is 0 Å². The predicted octanol–water partition coefficient (Wildman–Crippen LogP) is 2.08. The van der Waals surface area contributed by atoms with Crippen LogP contribution in [-0.4, -0.2) is 40.1 Å². The van der Waals surface area contributed by atoms with Crippen LogP contribution in [0.4, 0.5) is 11.6 Å². The SMILES string of the molecule is CNc1nccnc1CC1CCCN(c2ccnc(C)n2)C1. The van der Waals surface area contributed by atoms with Crippen LogP contribution in [0, 0.1) is 12.8 Å². The summed E-state index contributed by atoms with van der Waals surface area (Å²) in [5, 5.41) is 3.13. The molecule has 0 amide bonds. The van der Waals surface area contributed by atoms with Gasteiger partial charge in [0.05, 0.1) is 5.69 Å². The zero-order valence-electron chi connectivity index (χ0n) is 13.2. The molecule has 0 spiro atoms. The first-order valence-electron chi connectivity index (χ1n) is 7.78. The Hall–Kier alpha value is -2.24. The smallest absolute Gasteiger partial charge is 0.147 e. The molecule has 1 N–H and O–H groups in total. The second-order valence-electron chi connectivity index (χ2n) is 5.72. The molecule has 1 aliphatic rings. The first-order valence-corrected chi connectivity index (χ1v) is 7.78. The fourth-order valence-corrected chi connectivity index (χ4v) is 3.06. The number of anilines is 2. The molecule has 3 heterocycles. The van der Waals surface area contributed by atoms with E-state index >= 15 is 0 Å². The minimum atomic E-state index is 0.577. The number of aryl methyl sites for hydroxylation is 1. The highest BCUT2D eigenvalue weighted by molar-refractivity contribution is 5.40. The fraction of sp³-hybridized carbons (Fsp3) is 0.500. The molecular formula is C16H22N6. The van der Waals surface area contributed by atoms with E-state index in [-0.39, 0.29) is 0 Å². The van der Waals surface area contributed by atoms with Crippen molar-refractivity contribution in [2.24, 2.45) is 5.92 Å². The van der Waals surface area contributed by atoms with Gasteiger partial charge in [0.2, 0.25) is 0 Å². The van der Waals surface area contributed by atoms with Gasteiger partial charge in [-0.3, -0.25) is 4.98 Å². The van der Waals surface area contributed by atoms with Gasteiger partial charge >= 0.3 is 0 Å². The Morgan fingerprint density at radius 1 is 1.23 bits per heavy atom. The van der Waals surface area contributed by atoms with E-state index in [1.165, 1.54) is 12.8 Å². The standard InChI is InChI=1S/C16H22N6/c1-12-18-6-5-15(21-12)22-9-3-4-13(11-22)10-14-16(17-2)20-8-7-19-14/h5-8,13H,3-4,9-11H2,1-2H3,(H,17,20). The summed E-state index contributed by atoms with van der Waals surface area (Å²) in [4.78, 5) is 19.9. The van der Waals surface area contributed by atoms with Crippen molar-refractivity contribution in [1.82, 2.24) is 19.9 Å². The highest BCUT2D eigenvalue weighted by Crippen LogP contribution is 2.25. The lowest BCUT2D eigenvalue weighted by Crippen LogP contribution is -2.37. The van der Waals surface area contributed by atoms with Crippen molar-refractivity contribution in [3.8, 4) is 0 Å². The predicted molar refractivity (Wildman–Crippen MR) is 87.0 cm³/mol. The van der Waals surface area contributed by atoms with Gasteiger partial charge in [0.1, 0.15) is 17.5 Å². The van der Waals surface area contributed by atoms with Crippen LogP contribution in [0.25, 0.3) is 0 Å². The molecule has 3 rings (SSSR count). The van der Waals surface area contributed by atoms with Crippen LogP contribution < -0.4 is 10.2 Å². The quantitative estimate of drug-likeness (QED) is 0.932. The second kappa shape index (κ2) is 6.68. The van der Waals surface area contributed by atoms with Gasteiger partial charge in [0.25, 0.3) is 0 Å². The number of hydrogen-bond donors (Lipinski definition) is 1. The Labute approximate surface area is 131 Å². The van der Waals surface area contributed by atoms with Crippen molar-refractivity contribution in [1.29, 1.82) is 0 Å². The number of piperidine rings is 1. The van der Waals surface area contributed by atoms with E-state index in [0.717, 1.165) is 42.7 Å². The van der Waals surface area contributed by atoms with Crippen LogP contribution in [-0.2, 0) is 6.42 Å². The number of rotatable bonds is 4. The summed E-state index contributed by atoms with van der Waals surface area (Å²) < 4.78 is 0. The highest BCUT2D eigenvalue weighted by atomic mass is 15.2. The first kappa shape index (κ1) is 14.7. The van der Waals surface area contributed by atoms with Gasteiger partial charge in [-0.1, -0.05) is 0 Å². The molecule has 0 bridgehead atoms. The molecule has 0 saturated carbocycles. The normalized spacial score (nSPS) is 18.3. The second-order valence-corrected chi connectivity index (χ2v) is 5.72. The van der Waals surface area contributed by atoms with Crippen molar-refractivity contribution in [3.63, 3.8) is 0 Å². The van der Waals surface area contributed by atoms with Gasteiger partial charge in [0.15, 0.2) is 0 Å². The summed E-state index contributed by atoms with van der Waals surface area (Å²) in [6.45, 7) is 4.01. The van der Waals surface area contributed by atoms with E-state index in [1.807, 2.05) is 26.2 Å². The van der Waals surface area contributed by atoms with E-state index < -0.39 is 0 Å². The zero-order valence-corrected chi connectivity index (χ0v) is 13.2. The topological polar surface area (TPSA) is 66.8 Å². The number of nitrogens with one attached hydrogen (secondary N) is 1.